The van der Waals surface area contributed by atoms with Crippen LogP contribution in [0.4, 0.5) is 30.6 Å². The molecule has 0 unspecified atom stereocenters. The van der Waals surface area contributed by atoms with Crippen molar-refractivity contribution >= 4 is 29.3 Å². The van der Waals surface area contributed by atoms with E-state index in [4.69, 9.17) is 19.4 Å². The van der Waals surface area contributed by atoms with Crippen molar-refractivity contribution in [3.63, 3.8) is 0 Å². The summed E-state index contributed by atoms with van der Waals surface area (Å²) in [6, 6.07) is 16.6. The number of carboxylic acid groups (broad SMARTS) is 1. The Kier molecular flexibility index (Phi) is 12.8. The Morgan fingerprint density at radius 2 is 1.64 bits per heavy atom. The molecular formula is C29H36F3N5O5. The maximum Gasteiger partial charge on any atom is 0.490 e. The first-order valence-corrected chi connectivity index (χ1v) is 13.0. The van der Waals surface area contributed by atoms with E-state index in [1.807, 2.05) is 61.5 Å². The number of amides is 1. The number of hydrogen-bond acceptors (Lipinski definition) is 8. The van der Waals surface area contributed by atoms with Gasteiger partial charge in [-0.3, -0.25) is 4.79 Å². The molecule has 0 bridgehead atoms. The Morgan fingerprint density at radius 1 is 1.00 bits per heavy atom. The van der Waals surface area contributed by atoms with E-state index in [-0.39, 0.29) is 5.91 Å². The van der Waals surface area contributed by atoms with Crippen LogP contribution in [0.1, 0.15) is 31.5 Å². The molecule has 1 aromatic heterocycles. The summed E-state index contributed by atoms with van der Waals surface area (Å²) < 4.78 is 42.3. The van der Waals surface area contributed by atoms with E-state index in [0.29, 0.717) is 36.3 Å². The van der Waals surface area contributed by atoms with E-state index in [1.165, 1.54) is 0 Å². The van der Waals surface area contributed by atoms with Crippen LogP contribution in [0.25, 0.3) is 0 Å². The lowest BCUT2D eigenvalue weighted by Crippen LogP contribution is -2.36. The van der Waals surface area contributed by atoms with E-state index < -0.39 is 18.2 Å². The third-order valence-electron chi connectivity index (χ3n) is 5.67. The van der Waals surface area contributed by atoms with Crippen molar-refractivity contribution in [1.29, 1.82) is 0 Å². The summed E-state index contributed by atoms with van der Waals surface area (Å²) in [6.45, 7) is 6.74. The lowest BCUT2D eigenvalue weighted by molar-refractivity contribution is -0.192. The number of benzene rings is 2. The van der Waals surface area contributed by atoms with Crippen molar-refractivity contribution in [3.05, 3.63) is 65.9 Å². The maximum atomic E-state index is 13.1. The molecule has 0 aliphatic heterocycles. The molecule has 4 N–H and O–H groups in total. The van der Waals surface area contributed by atoms with E-state index in [2.05, 4.69) is 39.8 Å². The second-order valence-electron chi connectivity index (χ2n) is 9.55. The number of rotatable bonds is 12. The largest absolute Gasteiger partial charge is 0.497 e. The number of nitrogens with zero attached hydrogens (tertiary/aromatic N) is 2. The second kappa shape index (κ2) is 16.0. The Hall–Kier alpha value is -4.55. The number of halogens is 3. The number of para-hydroxylation sites is 1. The summed E-state index contributed by atoms with van der Waals surface area (Å²) in [5.74, 6) is 0.158. The topological polar surface area (TPSA) is 135 Å². The van der Waals surface area contributed by atoms with Crippen LogP contribution in [0.3, 0.4) is 0 Å². The van der Waals surface area contributed by atoms with Crippen LogP contribution >= 0.6 is 0 Å². The molecule has 0 aliphatic rings. The van der Waals surface area contributed by atoms with Crippen LogP contribution in [0.5, 0.6) is 11.5 Å². The van der Waals surface area contributed by atoms with Crippen LogP contribution < -0.4 is 25.4 Å². The number of carbonyl (C=O) groups is 2. The Labute approximate surface area is 242 Å². The summed E-state index contributed by atoms with van der Waals surface area (Å²) in [4.78, 5) is 31.1. The summed E-state index contributed by atoms with van der Waals surface area (Å²) in [7, 11) is 3.29. The summed E-state index contributed by atoms with van der Waals surface area (Å²) >= 11 is 0. The van der Waals surface area contributed by atoms with Gasteiger partial charge in [0.1, 0.15) is 23.4 Å². The van der Waals surface area contributed by atoms with Gasteiger partial charge in [-0.25, -0.2) is 9.78 Å². The van der Waals surface area contributed by atoms with Gasteiger partial charge in [0.2, 0.25) is 11.9 Å². The smallest absolute Gasteiger partial charge is 0.490 e. The summed E-state index contributed by atoms with van der Waals surface area (Å²) in [5, 5.41) is 16.7. The molecule has 0 radical (unpaired) electrons. The number of aliphatic carboxylic acids is 1. The number of hydrogen-bond donors (Lipinski definition) is 4. The number of nitrogens with one attached hydrogen (secondary N) is 3. The monoisotopic (exact) mass is 591 g/mol. The van der Waals surface area contributed by atoms with Crippen molar-refractivity contribution in [2.45, 2.75) is 45.8 Å². The van der Waals surface area contributed by atoms with E-state index in [0.717, 1.165) is 29.2 Å². The van der Waals surface area contributed by atoms with Gasteiger partial charge in [-0.2, -0.15) is 18.2 Å². The van der Waals surface area contributed by atoms with Gasteiger partial charge >= 0.3 is 12.1 Å². The van der Waals surface area contributed by atoms with E-state index in [9.17, 15) is 18.0 Å². The van der Waals surface area contributed by atoms with E-state index in [1.54, 1.807) is 14.2 Å². The fraction of sp³-hybridized carbons (Fsp3) is 0.379. The number of carbonyl (C=O) groups excluding carboxylic acids is 1. The van der Waals surface area contributed by atoms with Gasteiger partial charge in [-0.05, 0) is 61.6 Å². The number of aromatic nitrogens is 2. The minimum absolute atomic E-state index is 0.120. The highest BCUT2D eigenvalue weighted by molar-refractivity contribution is 5.96. The van der Waals surface area contributed by atoms with Gasteiger partial charge in [-0.1, -0.05) is 32.0 Å². The minimum atomic E-state index is -5.08. The molecule has 2 aromatic carbocycles. The lowest BCUT2D eigenvalue weighted by Gasteiger charge is -2.21. The fourth-order valence-corrected chi connectivity index (χ4v) is 3.73. The van der Waals surface area contributed by atoms with Crippen molar-refractivity contribution in [3.8, 4) is 11.5 Å². The lowest BCUT2D eigenvalue weighted by atomic mass is 10.0. The Bertz CT molecular complexity index is 1300. The minimum Gasteiger partial charge on any atom is -0.497 e. The second-order valence-corrected chi connectivity index (χ2v) is 9.55. The number of alkyl halides is 3. The molecule has 1 amide bonds. The van der Waals surface area contributed by atoms with Gasteiger partial charge in [0, 0.05) is 24.0 Å². The predicted octanol–water partition coefficient (Wildman–Crippen LogP) is 5.56. The standard InChI is InChI=1S/C27H35N5O3.C2HF3O2/c1-18(2)16-23(26(33)30-21-10-12-22(34-4)13-11-21)31-25-17-19(3)29-27(32-25)28-15-14-20-8-6-7-9-24(20)35-5;3-2(4,5)1(6)7/h6-13,17-18,23H,14-16H2,1-5H3,(H,30,33)(H2,28,29,31,32);(H,6,7)/t23-;/m0./s1. The van der Waals surface area contributed by atoms with Crippen LogP contribution in [0.15, 0.2) is 54.6 Å². The fourth-order valence-electron chi connectivity index (χ4n) is 3.73. The van der Waals surface area contributed by atoms with Crippen molar-refractivity contribution < 1.29 is 37.3 Å². The molecule has 1 atom stereocenters. The first-order chi connectivity index (χ1) is 19.8. The van der Waals surface area contributed by atoms with Gasteiger partial charge in [-0.15, -0.1) is 0 Å². The average Bonchev–Trinajstić information content (AvgIpc) is 2.92. The molecule has 3 aromatic rings. The highest BCUT2D eigenvalue weighted by Gasteiger charge is 2.38. The Morgan fingerprint density at radius 3 is 2.21 bits per heavy atom. The third kappa shape index (κ3) is 11.5. The number of carboxylic acids is 1. The molecule has 0 saturated carbocycles. The van der Waals surface area contributed by atoms with Crippen LogP contribution in [-0.4, -0.2) is 59.9 Å². The molecule has 228 valence electrons. The zero-order valence-corrected chi connectivity index (χ0v) is 24.1. The average molecular weight is 592 g/mol. The number of anilines is 3. The molecule has 0 spiro atoms. The molecule has 0 saturated heterocycles. The molecule has 0 aliphatic carbocycles. The van der Waals surface area contributed by atoms with Crippen LogP contribution in [-0.2, 0) is 16.0 Å². The molecule has 10 nitrogen and oxygen atoms in total. The normalized spacial score (nSPS) is 11.5. The molecule has 42 heavy (non-hydrogen) atoms. The third-order valence-corrected chi connectivity index (χ3v) is 5.67. The Balaban J connectivity index is 0.000000782. The zero-order chi connectivity index (χ0) is 31.3. The van der Waals surface area contributed by atoms with E-state index >= 15 is 0 Å². The first-order valence-electron chi connectivity index (χ1n) is 13.0. The quantitative estimate of drug-likeness (QED) is 0.214. The van der Waals surface area contributed by atoms with Gasteiger partial charge < -0.3 is 30.5 Å². The van der Waals surface area contributed by atoms with Crippen molar-refractivity contribution in [1.82, 2.24) is 9.97 Å². The SMILES string of the molecule is COc1ccc(NC(=O)[C@H](CC(C)C)Nc2cc(C)nc(NCCc3ccccc3OC)n2)cc1.O=C(O)C(F)(F)F. The maximum absolute atomic E-state index is 13.1. The predicted molar refractivity (Wildman–Crippen MR) is 154 cm³/mol. The van der Waals surface area contributed by atoms with Gasteiger partial charge in [0.05, 0.1) is 14.2 Å². The van der Waals surface area contributed by atoms with Gasteiger partial charge in [0.25, 0.3) is 0 Å². The molecule has 3 rings (SSSR count). The zero-order valence-electron chi connectivity index (χ0n) is 24.1. The molecule has 1 heterocycles. The molecular weight excluding hydrogens is 555 g/mol. The van der Waals surface area contributed by atoms with Crippen molar-refractivity contribution in [2.75, 3.05) is 36.7 Å². The highest BCUT2D eigenvalue weighted by atomic mass is 19.4. The molecule has 0 fully saturated rings. The molecule has 13 heteroatoms. The van der Waals surface area contributed by atoms with Crippen LogP contribution in [0, 0.1) is 12.8 Å². The van der Waals surface area contributed by atoms with Crippen molar-refractivity contribution in [2.24, 2.45) is 5.92 Å². The first kappa shape index (κ1) is 33.7. The number of methoxy groups -OCH3 is 2. The number of ether oxygens (including phenoxy) is 2. The van der Waals surface area contributed by atoms with Gasteiger partial charge in [0.15, 0.2) is 0 Å². The summed E-state index contributed by atoms with van der Waals surface area (Å²) in [5.41, 5.74) is 2.63. The highest BCUT2D eigenvalue weighted by Crippen LogP contribution is 2.20. The summed E-state index contributed by atoms with van der Waals surface area (Å²) in [6.07, 6.45) is -3.66. The van der Waals surface area contributed by atoms with Crippen LogP contribution in [0.2, 0.25) is 0 Å². The number of aryl methyl sites for hydroxylation is 1.